The summed E-state index contributed by atoms with van der Waals surface area (Å²) in [6.07, 6.45) is 7.00. The van der Waals surface area contributed by atoms with Crippen molar-refractivity contribution in [3.8, 4) is 5.75 Å². The van der Waals surface area contributed by atoms with E-state index >= 15 is 0 Å². The van der Waals surface area contributed by atoms with E-state index in [2.05, 4.69) is 37.5 Å². The molecule has 2 rings (SSSR count). The lowest BCUT2D eigenvalue weighted by atomic mass is 9.76. The molecule has 1 aliphatic carbocycles. The number of likely N-dealkylation sites (N-methyl/N-ethyl adjacent to an activating group) is 1. The molecular weight excluding hydrogens is 234 g/mol. The van der Waals surface area contributed by atoms with Crippen LogP contribution in [0.5, 0.6) is 5.75 Å². The van der Waals surface area contributed by atoms with Gasteiger partial charge in [-0.1, -0.05) is 31.4 Å². The van der Waals surface area contributed by atoms with Crippen LogP contribution in [0.2, 0.25) is 0 Å². The van der Waals surface area contributed by atoms with Gasteiger partial charge in [-0.15, -0.1) is 0 Å². The molecule has 1 aliphatic rings. The first kappa shape index (κ1) is 14.4. The van der Waals surface area contributed by atoms with Crippen LogP contribution in [0.15, 0.2) is 18.2 Å². The zero-order chi connectivity index (χ0) is 13.7. The molecule has 19 heavy (non-hydrogen) atoms. The highest BCUT2D eigenvalue weighted by Gasteiger charge is 2.24. The van der Waals surface area contributed by atoms with E-state index in [1.807, 2.05) is 0 Å². The number of nitrogens with one attached hydrogen (secondary N) is 1. The van der Waals surface area contributed by atoms with Gasteiger partial charge in [0.05, 0.1) is 7.11 Å². The Hall–Kier alpha value is -1.02. The molecule has 106 valence electrons. The lowest BCUT2D eigenvalue weighted by molar-refractivity contribution is 0.300. The third kappa shape index (κ3) is 3.50. The maximum absolute atomic E-state index is 5.37. The van der Waals surface area contributed by atoms with E-state index in [4.69, 9.17) is 4.74 Å². The van der Waals surface area contributed by atoms with Gasteiger partial charge in [0.25, 0.3) is 0 Å². The zero-order valence-corrected chi connectivity index (χ0v) is 12.5. The molecular formula is C17H27NO. The summed E-state index contributed by atoms with van der Waals surface area (Å²) in [7, 11) is 3.81. The predicted octanol–water partition coefficient (Wildman–Crippen LogP) is 3.89. The van der Waals surface area contributed by atoms with Gasteiger partial charge in [0, 0.05) is 6.54 Å². The first-order chi connectivity index (χ1) is 9.26. The second-order valence-corrected chi connectivity index (χ2v) is 5.79. The van der Waals surface area contributed by atoms with Crippen LogP contribution in [-0.4, -0.2) is 20.7 Å². The first-order valence-electron chi connectivity index (χ1n) is 7.55. The molecule has 0 spiro atoms. The molecule has 1 aromatic carbocycles. The third-order valence-electron chi connectivity index (χ3n) is 4.49. The summed E-state index contributed by atoms with van der Waals surface area (Å²) in [5.41, 5.74) is 2.72. The van der Waals surface area contributed by atoms with E-state index in [9.17, 15) is 0 Å². The largest absolute Gasteiger partial charge is 0.496 e. The molecule has 1 atom stereocenters. The van der Waals surface area contributed by atoms with Crippen LogP contribution in [0.4, 0.5) is 0 Å². The number of methoxy groups -OCH3 is 1. The highest BCUT2D eigenvalue weighted by molar-refractivity contribution is 5.38. The number of ether oxygens (including phenoxy) is 1. The Morgan fingerprint density at radius 2 is 2.00 bits per heavy atom. The minimum atomic E-state index is 0.648. The molecule has 0 heterocycles. The summed E-state index contributed by atoms with van der Waals surface area (Å²) >= 11 is 0. The molecule has 0 aliphatic heterocycles. The first-order valence-corrected chi connectivity index (χ1v) is 7.55. The third-order valence-corrected chi connectivity index (χ3v) is 4.49. The molecule has 0 amide bonds. The van der Waals surface area contributed by atoms with Crippen LogP contribution in [0.25, 0.3) is 0 Å². The Balaban J connectivity index is 2.19. The highest BCUT2D eigenvalue weighted by atomic mass is 16.5. The van der Waals surface area contributed by atoms with E-state index in [0.717, 1.165) is 18.2 Å². The summed E-state index contributed by atoms with van der Waals surface area (Å²) in [5, 5.41) is 3.38. The lowest BCUT2D eigenvalue weighted by Crippen LogP contribution is -2.26. The Kier molecular flexibility index (Phi) is 5.26. The minimum Gasteiger partial charge on any atom is -0.496 e. The molecule has 0 aromatic heterocycles. The van der Waals surface area contributed by atoms with E-state index in [0.29, 0.717) is 5.92 Å². The monoisotopic (exact) mass is 261 g/mol. The summed E-state index contributed by atoms with van der Waals surface area (Å²) in [6.45, 7) is 3.22. The van der Waals surface area contributed by atoms with Gasteiger partial charge in [-0.05, 0) is 55.8 Å². The summed E-state index contributed by atoms with van der Waals surface area (Å²) in [6, 6.07) is 6.69. The van der Waals surface area contributed by atoms with Crippen LogP contribution < -0.4 is 10.1 Å². The van der Waals surface area contributed by atoms with Gasteiger partial charge >= 0.3 is 0 Å². The zero-order valence-electron chi connectivity index (χ0n) is 12.5. The van der Waals surface area contributed by atoms with Crippen LogP contribution >= 0.6 is 0 Å². The number of hydrogen-bond donors (Lipinski definition) is 1. The standard InChI is InChI=1S/C17H27NO/c1-13-11-15(9-10-17(13)19-3)16(12-18-2)14-7-5-4-6-8-14/h9-11,14,16,18H,4-8,12H2,1-3H3. The van der Waals surface area contributed by atoms with Crippen molar-refractivity contribution in [1.82, 2.24) is 5.32 Å². The highest BCUT2D eigenvalue weighted by Crippen LogP contribution is 2.36. The van der Waals surface area contributed by atoms with Gasteiger partial charge in [0.2, 0.25) is 0 Å². The minimum absolute atomic E-state index is 0.648. The molecule has 0 radical (unpaired) electrons. The number of rotatable bonds is 5. The fourth-order valence-corrected chi connectivity index (χ4v) is 3.45. The Morgan fingerprint density at radius 3 is 2.58 bits per heavy atom. The van der Waals surface area contributed by atoms with Gasteiger partial charge in [-0.3, -0.25) is 0 Å². The molecule has 0 saturated heterocycles. The summed E-state index contributed by atoms with van der Waals surface area (Å²) < 4.78 is 5.37. The normalized spacial score (nSPS) is 18.3. The Morgan fingerprint density at radius 1 is 1.26 bits per heavy atom. The number of benzene rings is 1. The lowest BCUT2D eigenvalue weighted by Gasteiger charge is -2.31. The molecule has 1 aromatic rings. The van der Waals surface area contributed by atoms with E-state index in [1.165, 1.54) is 43.2 Å². The quantitative estimate of drug-likeness (QED) is 0.868. The van der Waals surface area contributed by atoms with Crippen molar-refractivity contribution in [2.24, 2.45) is 5.92 Å². The van der Waals surface area contributed by atoms with E-state index in [1.54, 1.807) is 7.11 Å². The van der Waals surface area contributed by atoms with Crippen molar-refractivity contribution < 1.29 is 4.74 Å². The van der Waals surface area contributed by atoms with E-state index in [-0.39, 0.29) is 0 Å². The molecule has 0 bridgehead atoms. The molecule has 1 fully saturated rings. The fourth-order valence-electron chi connectivity index (χ4n) is 3.45. The maximum atomic E-state index is 5.37. The van der Waals surface area contributed by atoms with Crippen LogP contribution in [0.3, 0.4) is 0 Å². The van der Waals surface area contributed by atoms with Gasteiger partial charge in [-0.2, -0.15) is 0 Å². The fraction of sp³-hybridized carbons (Fsp3) is 0.647. The van der Waals surface area contributed by atoms with Crippen LogP contribution in [0.1, 0.15) is 49.1 Å². The van der Waals surface area contributed by atoms with Gasteiger partial charge in [-0.25, -0.2) is 0 Å². The van der Waals surface area contributed by atoms with Gasteiger partial charge in [0.15, 0.2) is 0 Å². The smallest absolute Gasteiger partial charge is 0.121 e. The molecule has 2 heteroatoms. The van der Waals surface area contributed by atoms with Crippen molar-refractivity contribution in [2.45, 2.75) is 44.9 Å². The van der Waals surface area contributed by atoms with Crippen LogP contribution in [-0.2, 0) is 0 Å². The summed E-state index contributed by atoms with van der Waals surface area (Å²) in [4.78, 5) is 0. The predicted molar refractivity (Wildman–Crippen MR) is 81.0 cm³/mol. The maximum Gasteiger partial charge on any atom is 0.121 e. The Bertz CT molecular complexity index is 396. The number of aryl methyl sites for hydroxylation is 1. The topological polar surface area (TPSA) is 21.3 Å². The van der Waals surface area contributed by atoms with Gasteiger partial charge in [0.1, 0.15) is 5.75 Å². The second-order valence-electron chi connectivity index (χ2n) is 5.79. The molecule has 1 unspecified atom stereocenters. The average Bonchev–Trinajstić information content (AvgIpc) is 2.45. The van der Waals surface area contributed by atoms with Crippen molar-refractivity contribution in [3.05, 3.63) is 29.3 Å². The van der Waals surface area contributed by atoms with Crippen molar-refractivity contribution in [1.29, 1.82) is 0 Å². The molecule has 2 nitrogen and oxygen atoms in total. The second kappa shape index (κ2) is 6.95. The van der Waals surface area contributed by atoms with Gasteiger partial charge < -0.3 is 10.1 Å². The summed E-state index contributed by atoms with van der Waals surface area (Å²) in [5.74, 6) is 2.49. The van der Waals surface area contributed by atoms with Crippen LogP contribution in [0, 0.1) is 12.8 Å². The average molecular weight is 261 g/mol. The van der Waals surface area contributed by atoms with Crippen molar-refractivity contribution in [2.75, 3.05) is 20.7 Å². The molecule has 1 saturated carbocycles. The number of hydrogen-bond acceptors (Lipinski definition) is 2. The van der Waals surface area contributed by atoms with E-state index < -0.39 is 0 Å². The van der Waals surface area contributed by atoms with Crippen molar-refractivity contribution in [3.63, 3.8) is 0 Å². The van der Waals surface area contributed by atoms with Crippen molar-refractivity contribution >= 4 is 0 Å². The Labute approximate surface area is 117 Å². The SMILES string of the molecule is CNCC(c1ccc(OC)c(C)c1)C1CCCCC1. The molecule has 1 N–H and O–H groups in total.